The van der Waals surface area contributed by atoms with E-state index in [1.807, 2.05) is 12.1 Å². The van der Waals surface area contributed by atoms with E-state index >= 15 is 0 Å². The maximum absolute atomic E-state index is 12.8. The summed E-state index contributed by atoms with van der Waals surface area (Å²) >= 11 is 6.28. The Bertz CT molecular complexity index is 847. The van der Waals surface area contributed by atoms with E-state index in [0.717, 1.165) is 38.1 Å². The number of rotatable bonds is 6. The van der Waals surface area contributed by atoms with E-state index in [1.54, 1.807) is 29.4 Å². The predicted molar refractivity (Wildman–Crippen MR) is 108 cm³/mol. The van der Waals surface area contributed by atoms with Crippen LogP contribution in [0.1, 0.15) is 47.8 Å². The van der Waals surface area contributed by atoms with Gasteiger partial charge in [-0.3, -0.25) is 14.5 Å². The average molecular weight is 402 g/mol. The zero-order chi connectivity index (χ0) is 19.5. The van der Waals surface area contributed by atoms with E-state index in [4.69, 9.17) is 16.0 Å². The fourth-order valence-electron chi connectivity index (χ4n) is 4.00. The van der Waals surface area contributed by atoms with Crippen molar-refractivity contribution in [2.24, 2.45) is 0 Å². The number of hydrogen-bond donors (Lipinski definition) is 1. The third-order valence-corrected chi connectivity index (χ3v) is 5.80. The standard InChI is InChI=1S/C21H24ClN3O3/c22-16-8-7-15(13-17(16)25-11-3-6-20(25)26)21(27)23-14-18(19-5-4-12-28-19)24-9-1-2-10-24/h4-5,7-8,12-13,18H,1-3,6,9-11,14H2,(H,23,27)/t18-/m0/s1. The highest BCUT2D eigenvalue weighted by Crippen LogP contribution is 2.30. The average Bonchev–Trinajstić information content (AvgIpc) is 3.45. The summed E-state index contributed by atoms with van der Waals surface area (Å²) in [6.45, 7) is 3.11. The van der Waals surface area contributed by atoms with Crippen LogP contribution in [-0.2, 0) is 4.79 Å². The molecule has 7 heteroatoms. The number of amides is 2. The molecule has 0 spiro atoms. The monoisotopic (exact) mass is 401 g/mol. The predicted octanol–water partition coefficient (Wildman–Crippen LogP) is 3.63. The van der Waals surface area contributed by atoms with Crippen molar-refractivity contribution in [3.63, 3.8) is 0 Å². The topological polar surface area (TPSA) is 65.8 Å². The minimum atomic E-state index is -0.180. The van der Waals surface area contributed by atoms with Crippen molar-refractivity contribution in [2.45, 2.75) is 31.7 Å². The minimum Gasteiger partial charge on any atom is -0.468 e. The molecule has 28 heavy (non-hydrogen) atoms. The number of hydrogen-bond acceptors (Lipinski definition) is 4. The number of carbonyl (C=O) groups excluding carboxylic acids is 2. The number of benzene rings is 1. The van der Waals surface area contributed by atoms with Crippen LogP contribution >= 0.6 is 11.6 Å². The van der Waals surface area contributed by atoms with Gasteiger partial charge in [-0.1, -0.05) is 11.6 Å². The summed E-state index contributed by atoms with van der Waals surface area (Å²) in [7, 11) is 0. The van der Waals surface area contributed by atoms with E-state index in [1.165, 1.54) is 0 Å². The third kappa shape index (κ3) is 3.93. The maximum atomic E-state index is 12.8. The van der Waals surface area contributed by atoms with Gasteiger partial charge in [-0.2, -0.15) is 0 Å². The van der Waals surface area contributed by atoms with Gasteiger partial charge < -0.3 is 14.6 Å². The van der Waals surface area contributed by atoms with Gasteiger partial charge in [0.2, 0.25) is 5.91 Å². The quantitative estimate of drug-likeness (QED) is 0.802. The van der Waals surface area contributed by atoms with Gasteiger partial charge in [-0.05, 0) is 62.7 Å². The Kier molecular flexibility index (Phi) is 5.69. The summed E-state index contributed by atoms with van der Waals surface area (Å²) in [5.74, 6) is 0.730. The van der Waals surface area contributed by atoms with Crippen molar-refractivity contribution < 1.29 is 14.0 Å². The molecular formula is C21H24ClN3O3. The normalized spacial score (nSPS) is 18.6. The lowest BCUT2D eigenvalue weighted by Crippen LogP contribution is -2.36. The molecule has 1 aromatic carbocycles. The molecule has 0 radical (unpaired) electrons. The highest BCUT2D eigenvalue weighted by atomic mass is 35.5. The van der Waals surface area contributed by atoms with Gasteiger partial charge in [0.25, 0.3) is 5.91 Å². The van der Waals surface area contributed by atoms with Crippen LogP contribution in [-0.4, -0.2) is 42.9 Å². The van der Waals surface area contributed by atoms with Crippen molar-refractivity contribution in [1.29, 1.82) is 0 Å². The number of halogens is 1. The van der Waals surface area contributed by atoms with Crippen molar-refractivity contribution >= 4 is 29.1 Å². The van der Waals surface area contributed by atoms with E-state index < -0.39 is 0 Å². The van der Waals surface area contributed by atoms with Gasteiger partial charge in [0.1, 0.15) is 5.76 Å². The second-order valence-corrected chi connectivity index (χ2v) is 7.71. The molecule has 0 unspecified atom stereocenters. The molecule has 0 saturated carbocycles. The van der Waals surface area contributed by atoms with Crippen molar-refractivity contribution in [2.75, 3.05) is 31.1 Å². The van der Waals surface area contributed by atoms with Gasteiger partial charge in [-0.25, -0.2) is 0 Å². The van der Waals surface area contributed by atoms with Gasteiger partial charge in [0, 0.05) is 25.1 Å². The molecule has 0 aliphatic carbocycles. The Hall–Kier alpha value is -2.31. The van der Waals surface area contributed by atoms with Crippen molar-refractivity contribution in [3.05, 3.63) is 52.9 Å². The van der Waals surface area contributed by atoms with Crippen LogP contribution in [0.25, 0.3) is 0 Å². The highest BCUT2D eigenvalue weighted by molar-refractivity contribution is 6.34. The number of nitrogens with zero attached hydrogens (tertiary/aromatic N) is 2. The fraction of sp³-hybridized carbons (Fsp3) is 0.429. The molecule has 6 nitrogen and oxygen atoms in total. The largest absolute Gasteiger partial charge is 0.468 e. The molecule has 1 N–H and O–H groups in total. The zero-order valence-corrected chi connectivity index (χ0v) is 16.5. The molecule has 2 aliphatic heterocycles. The number of anilines is 1. The Morgan fingerprint density at radius 2 is 2.00 bits per heavy atom. The summed E-state index contributed by atoms with van der Waals surface area (Å²) in [6.07, 6.45) is 5.32. The van der Waals surface area contributed by atoms with Gasteiger partial charge in [0.05, 0.1) is 23.0 Å². The van der Waals surface area contributed by atoms with Gasteiger partial charge in [-0.15, -0.1) is 0 Å². The first-order valence-electron chi connectivity index (χ1n) is 9.79. The molecule has 1 aromatic heterocycles. The van der Waals surface area contributed by atoms with Crippen LogP contribution in [0.3, 0.4) is 0 Å². The molecule has 4 rings (SSSR count). The third-order valence-electron chi connectivity index (χ3n) is 5.48. The molecule has 2 aliphatic rings. The minimum absolute atomic E-state index is 0.0216. The van der Waals surface area contributed by atoms with Crippen LogP contribution in [0.15, 0.2) is 41.0 Å². The van der Waals surface area contributed by atoms with Crippen LogP contribution in [0.5, 0.6) is 0 Å². The van der Waals surface area contributed by atoms with Crippen molar-refractivity contribution in [3.8, 4) is 0 Å². The summed E-state index contributed by atoms with van der Waals surface area (Å²) < 4.78 is 5.61. The van der Waals surface area contributed by atoms with E-state index in [-0.39, 0.29) is 17.9 Å². The summed E-state index contributed by atoms with van der Waals surface area (Å²) in [4.78, 5) is 28.8. The van der Waals surface area contributed by atoms with E-state index in [9.17, 15) is 9.59 Å². The number of carbonyl (C=O) groups is 2. The zero-order valence-electron chi connectivity index (χ0n) is 15.7. The Morgan fingerprint density at radius 1 is 1.18 bits per heavy atom. The lowest BCUT2D eigenvalue weighted by molar-refractivity contribution is -0.117. The van der Waals surface area contributed by atoms with Crippen LogP contribution < -0.4 is 10.2 Å². The Balaban J connectivity index is 1.47. The van der Waals surface area contributed by atoms with Crippen LogP contribution in [0.4, 0.5) is 5.69 Å². The molecule has 2 fully saturated rings. The first-order valence-corrected chi connectivity index (χ1v) is 10.2. The molecule has 0 bridgehead atoms. The lowest BCUT2D eigenvalue weighted by atomic mass is 10.1. The Morgan fingerprint density at radius 3 is 2.68 bits per heavy atom. The lowest BCUT2D eigenvalue weighted by Gasteiger charge is -2.26. The second kappa shape index (κ2) is 8.37. The maximum Gasteiger partial charge on any atom is 0.251 e. The number of furan rings is 1. The first-order chi connectivity index (χ1) is 13.6. The number of likely N-dealkylation sites (tertiary alicyclic amines) is 1. The summed E-state index contributed by atoms with van der Waals surface area (Å²) in [5, 5.41) is 3.51. The molecular weight excluding hydrogens is 378 g/mol. The smallest absolute Gasteiger partial charge is 0.251 e. The Labute approximate surface area is 169 Å². The first kappa shape index (κ1) is 19.0. The molecule has 2 saturated heterocycles. The molecule has 3 heterocycles. The molecule has 1 atom stereocenters. The van der Waals surface area contributed by atoms with Gasteiger partial charge >= 0.3 is 0 Å². The summed E-state index contributed by atoms with van der Waals surface area (Å²) in [6, 6.07) is 8.93. The summed E-state index contributed by atoms with van der Waals surface area (Å²) in [5.41, 5.74) is 1.11. The molecule has 148 valence electrons. The van der Waals surface area contributed by atoms with E-state index in [0.29, 0.717) is 35.8 Å². The van der Waals surface area contributed by atoms with Crippen molar-refractivity contribution in [1.82, 2.24) is 10.2 Å². The molecule has 2 aromatic rings. The van der Waals surface area contributed by atoms with E-state index in [2.05, 4.69) is 10.2 Å². The highest BCUT2D eigenvalue weighted by Gasteiger charge is 2.27. The fourth-order valence-corrected chi connectivity index (χ4v) is 4.22. The van der Waals surface area contributed by atoms with Crippen LogP contribution in [0.2, 0.25) is 5.02 Å². The second-order valence-electron chi connectivity index (χ2n) is 7.30. The van der Waals surface area contributed by atoms with Gasteiger partial charge in [0.15, 0.2) is 0 Å². The SMILES string of the molecule is O=C(NC[C@@H](c1ccco1)N1CCCC1)c1ccc(Cl)c(N2CCCC2=O)c1. The number of nitrogens with one attached hydrogen (secondary N) is 1. The molecule has 2 amide bonds. The van der Waals surface area contributed by atoms with Crippen LogP contribution in [0, 0.1) is 0 Å².